The van der Waals surface area contributed by atoms with Crippen molar-refractivity contribution in [3.05, 3.63) is 18.2 Å². The fraction of sp³-hybridized carbons (Fsp3) is 0.692. The number of hydrogen-bond donors (Lipinski definition) is 1. The lowest BCUT2D eigenvalue weighted by molar-refractivity contribution is -0.140. The van der Waals surface area contributed by atoms with Gasteiger partial charge in [0.05, 0.1) is 31.7 Å². The molecule has 1 saturated heterocycles. The van der Waals surface area contributed by atoms with Crippen molar-refractivity contribution in [2.75, 3.05) is 19.8 Å². The third-order valence-electron chi connectivity index (χ3n) is 3.39. The summed E-state index contributed by atoms with van der Waals surface area (Å²) in [5, 5.41) is 8.95. The van der Waals surface area contributed by atoms with Gasteiger partial charge in [-0.25, -0.2) is 4.98 Å². The molecule has 1 atom stereocenters. The number of carbonyl (C=O) groups is 1. The van der Waals surface area contributed by atoms with Crippen LogP contribution in [-0.4, -0.2) is 51.3 Å². The minimum atomic E-state index is -0.775. The van der Waals surface area contributed by atoms with Gasteiger partial charge >= 0.3 is 5.97 Å². The Balaban J connectivity index is 2.02. The number of carboxylic acids is 1. The molecule has 1 aliphatic heterocycles. The van der Waals surface area contributed by atoms with Gasteiger partial charge in [-0.2, -0.15) is 0 Å². The molecule has 6 nitrogen and oxygen atoms in total. The zero-order chi connectivity index (χ0) is 13.7. The third-order valence-corrected chi connectivity index (χ3v) is 3.39. The van der Waals surface area contributed by atoms with E-state index in [2.05, 4.69) is 21.4 Å². The highest BCUT2D eigenvalue weighted by atomic mass is 16.5. The number of nitrogens with zero attached hydrogens (tertiary/aromatic N) is 3. The van der Waals surface area contributed by atoms with E-state index in [4.69, 9.17) is 9.84 Å². The van der Waals surface area contributed by atoms with Crippen LogP contribution in [0.2, 0.25) is 0 Å². The van der Waals surface area contributed by atoms with E-state index in [0.29, 0.717) is 13.2 Å². The first-order valence-corrected chi connectivity index (χ1v) is 6.73. The lowest BCUT2D eigenvalue weighted by Crippen LogP contribution is -2.46. The summed E-state index contributed by atoms with van der Waals surface area (Å²) in [4.78, 5) is 17.2. The van der Waals surface area contributed by atoms with Crippen LogP contribution in [0.4, 0.5) is 0 Å². The second-order valence-corrected chi connectivity index (χ2v) is 4.88. The maximum atomic E-state index is 10.9. The van der Waals surface area contributed by atoms with Crippen LogP contribution in [0.25, 0.3) is 0 Å². The number of morpholine rings is 1. The van der Waals surface area contributed by atoms with E-state index in [1.54, 1.807) is 0 Å². The van der Waals surface area contributed by atoms with Crippen LogP contribution in [-0.2, 0) is 22.6 Å². The summed E-state index contributed by atoms with van der Waals surface area (Å²) in [6.07, 6.45) is 4.89. The Hall–Kier alpha value is -1.40. The van der Waals surface area contributed by atoms with E-state index in [9.17, 15) is 4.79 Å². The van der Waals surface area contributed by atoms with Crippen molar-refractivity contribution in [1.82, 2.24) is 14.5 Å². The van der Waals surface area contributed by atoms with Gasteiger partial charge < -0.3 is 14.4 Å². The Bertz CT molecular complexity index is 419. The minimum absolute atomic E-state index is 0.0452. The van der Waals surface area contributed by atoms with Gasteiger partial charge in [-0.05, 0) is 6.42 Å². The van der Waals surface area contributed by atoms with Gasteiger partial charge in [0.25, 0.3) is 0 Å². The molecule has 0 aliphatic carbocycles. The van der Waals surface area contributed by atoms with Crippen molar-refractivity contribution in [3.63, 3.8) is 0 Å². The molecule has 2 heterocycles. The van der Waals surface area contributed by atoms with Crippen molar-refractivity contribution >= 4 is 5.97 Å². The molecule has 0 aromatic carbocycles. The molecule has 106 valence electrons. The summed E-state index contributed by atoms with van der Waals surface area (Å²) in [7, 11) is 0. The normalized spacial score (nSPS) is 20.6. The molecule has 0 bridgehead atoms. The average Bonchev–Trinajstić information content (AvgIpc) is 2.79. The van der Waals surface area contributed by atoms with Gasteiger partial charge in [0.1, 0.15) is 0 Å². The highest BCUT2D eigenvalue weighted by molar-refractivity contribution is 5.67. The van der Waals surface area contributed by atoms with E-state index < -0.39 is 5.97 Å². The first-order valence-electron chi connectivity index (χ1n) is 6.73. The van der Waals surface area contributed by atoms with Gasteiger partial charge in [-0.3, -0.25) is 9.69 Å². The lowest BCUT2D eigenvalue weighted by Gasteiger charge is -2.34. The predicted molar refractivity (Wildman–Crippen MR) is 69.8 cm³/mol. The van der Waals surface area contributed by atoms with E-state index in [0.717, 1.165) is 31.7 Å². The summed E-state index contributed by atoms with van der Waals surface area (Å²) >= 11 is 0. The zero-order valence-corrected chi connectivity index (χ0v) is 11.3. The van der Waals surface area contributed by atoms with Crippen molar-refractivity contribution in [1.29, 1.82) is 0 Å². The largest absolute Gasteiger partial charge is 0.481 e. The lowest BCUT2D eigenvalue weighted by atomic mass is 10.1. The molecular formula is C13H21N3O3. The summed E-state index contributed by atoms with van der Waals surface area (Å²) in [5.74, 6) is -0.775. The molecule has 6 heteroatoms. The van der Waals surface area contributed by atoms with E-state index in [-0.39, 0.29) is 12.5 Å². The topological polar surface area (TPSA) is 67.6 Å². The Morgan fingerprint density at radius 3 is 3.21 bits per heavy atom. The number of carboxylic acid groups (broad SMARTS) is 1. The molecule has 1 aliphatic rings. The number of rotatable bonds is 6. The van der Waals surface area contributed by atoms with Gasteiger partial charge in [-0.15, -0.1) is 0 Å². The number of aliphatic carboxylic acids is 1. The number of aryl methyl sites for hydroxylation is 1. The SMILES string of the molecule is CCCn1cncc1CN1CCOCC1CC(=O)O. The Morgan fingerprint density at radius 2 is 2.47 bits per heavy atom. The molecule has 0 radical (unpaired) electrons. The fourth-order valence-electron chi connectivity index (χ4n) is 2.42. The van der Waals surface area contributed by atoms with Crippen molar-refractivity contribution in [2.45, 2.75) is 38.9 Å². The summed E-state index contributed by atoms with van der Waals surface area (Å²) < 4.78 is 7.51. The van der Waals surface area contributed by atoms with Gasteiger partial charge in [0, 0.05) is 31.9 Å². The van der Waals surface area contributed by atoms with Crippen LogP contribution in [0, 0.1) is 0 Å². The van der Waals surface area contributed by atoms with Crippen LogP contribution in [0.3, 0.4) is 0 Å². The van der Waals surface area contributed by atoms with E-state index >= 15 is 0 Å². The molecule has 1 N–H and O–H groups in total. The smallest absolute Gasteiger partial charge is 0.305 e. The maximum absolute atomic E-state index is 10.9. The summed E-state index contributed by atoms with van der Waals surface area (Å²) in [6, 6.07) is -0.0452. The highest BCUT2D eigenvalue weighted by Gasteiger charge is 2.25. The molecule has 1 fully saturated rings. The molecule has 0 saturated carbocycles. The summed E-state index contributed by atoms with van der Waals surface area (Å²) in [5.41, 5.74) is 1.14. The molecule has 0 spiro atoms. The minimum Gasteiger partial charge on any atom is -0.481 e. The molecule has 0 amide bonds. The van der Waals surface area contributed by atoms with Crippen LogP contribution in [0.1, 0.15) is 25.5 Å². The van der Waals surface area contributed by atoms with Gasteiger partial charge in [-0.1, -0.05) is 6.92 Å². The van der Waals surface area contributed by atoms with Crippen LogP contribution >= 0.6 is 0 Å². The first-order chi connectivity index (χ1) is 9.20. The number of hydrogen-bond acceptors (Lipinski definition) is 4. The molecule has 2 rings (SSSR count). The number of ether oxygens (including phenoxy) is 1. The first kappa shape index (κ1) is 14.0. The van der Waals surface area contributed by atoms with E-state index in [1.807, 2.05) is 12.5 Å². The number of imidazole rings is 1. The maximum Gasteiger partial charge on any atom is 0.305 e. The van der Waals surface area contributed by atoms with E-state index in [1.165, 1.54) is 0 Å². The molecular weight excluding hydrogens is 246 g/mol. The molecule has 1 aromatic rings. The summed E-state index contributed by atoms with van der Waals surface area (Å²) in [6.45, 7) is 5.75. The van der Waals surface area contributed by atoms with Crippen molar-refractivity contribution < 1.29 is 14.6 Å². The molecule has 19 heavy (non-hydrogen) atoms. The predicted octanol–water partition coefficient (Wildman–Crippen LogP) is 0.969. The Labute approximate surface area is 113 Å². The molecule has 1 aromatic heterocycles. The Kier molecular flexibility index (Phi) is 4.93. The number of aromatic nitrogens is 2. The highest BCUT2D eigenvalue weighted by Crippen LogP contribution is 2.15. The van der Waals surface area contributed by atoms with Gasteiger partial charge in [0.15, 0.2) is 0 Å². The Morgan fingerprint density at radius 1 is 1.63 bits per heavy atom. The van der Waals surface area contributed by atoms with Crippen LogP contribution in [0.15, 0.2) is 12.5 Å². The second-order valence-electron chi connectivity index (χ2n) is 4.88. The molecule has 1 unspecified atom stereocenters. The second kappa shape index (κ2) is 6.68. The standard InChI is InChI=1S/C13H21N3O3/c1-2-3-16-10-14-7-12(16)8-15-4-5-19-9-11(15)6-13(17)18/h7,10-11H,2-6,8-9H2,1H3,(H,17,18). The third kappa shape index (κ3) is 3.78. The average molecular weight is 267 g/mol. The monoisotopic (exact) mass is 267 g/mol. The fourth-order valence-corrected chi connectivity index (χ4v) is 2.42. The van der Waals surface area contributed by atoms with Crippen LogP contribution in [0.5, 0.6) is 0 Å². The van der Waals surface area contributed by atoms with Gasteiger partial charge in [0.2, 0.25) is 0 Å². The van der Waals surface area contributed by atoms with Crippen molar-refractivity contribution in [2.24, 2.45) is 0 Å². The van der Waals surface area contributed by atoms with Crippen molar-refractivity contribution in [3.8, 4) is 0 Å². The quantitative estimate of drug-likeness (QED) is 0.831. The van der Waals surface area contributed by atoms with Crippen LogP contribution < -0.4 is 0 Å². The zero-order valence-electron chi connectivity index (χ0n) is 11.3.